The zero-order valence-electron chi connectivity index (χ0n) is 13.7. The molecule has 5 rings (SSSR count). The molecule has 1 saturated heterocycles. The van der Waals surface area contributed by atoms with E-state index < -0.39 is 0 Å². The van der Waals surface area contributed by atoms with Crippen LogP contribution in [0.4, 0.5) is 5.00 Å². The van der Waals surface area contributed by atoms with E-state index in [1.54, 1.807) is 0 Å². The lowest BCUT2D eigenvalue weighted by molar-refractivity contribution is 0.215. The van der Waals surface area contributed by atoms with Gasteiger partial charge in [0.2, 0.25) is 0 Å². The first-order valence-corrected chi connectivity index (χ1v) is 9.27. The number of allylic oxidation sites excluding steroid dienone is 2. The quantitative estimate of drug-likeness (QED) is 0.795. The van der Waals surface area contributed by atoms with Crippen LogP contribution in [0, 0.1) is 12.8 Å². The third kappa shape index (κ3) is 2.03. The molecule has 1 aromatic heterocycles. The highest BCUT2D eigenvalue weighted by molar-refractivity contribution is 7.16. The molecule has 23 heavy (non-hydrogen) atoms. The summed E-state index contributed by atoms with van der Waals surface area (Å²) in [7, 11) is 2.20. The summed E-state index contributed by atoms with van der Waals surface area (Å²) in [5.74, 6) is 1.78. The zero-order chi connectivity index (χ0) is 15.6. The van der Waals surface area contributed by atoms with Crippen LogP contribution in [0.3, 0.4) is 0 Å². The Hall–Kier alpha value is -1.59. The average Bonchev–Trinajstić information content (AvgIpc) is 3.17. The Morgan fingerprint density at radius 2 is 2.13 bits per heavy atom. The molecule has 2 fully saturated rings. The van der Waals surface area contributed by atoms with Crippen molar-refractivity contribution in [2.24, 2.45) is 10.9 Å². The van der Waals surface area contributed by atoms with Crippen molar-refractivity contribution >= 4 is 22.2 Å². The number of hydrogen-bond donors (Lipinski definition) is 1. The van der Waals surface area contributed by atoms with Crippen molar-refractivity contribution in [3.8, 4) is 0 Å². The Labute approximate surface area is 141 Å². The third-order valence-electron chi connectivity index (χ3n) is 5.53. The van der Waals surface area contributed by atoms with Crippen LogP contribution in [-0.4, -0.2) is 54.4 Å². The second kappa shape index (κ2) is 4.71. The second-order valence-corrected chi connectivity index (χ2v) is 8.43. The maximum atomic E-state index is 5.19. The first kappa shape index (κ1) is 13.8. The third-order valence-corrected chi connectivity index (χ3v) is 6.50. The van der Waals surface area contributed by atoms with Gasteiger partial charge >= 0.3 is 0 Å². The Morgan fingerprint density at radius 3 is 2.96 bits per heavy atom. The molecule has 1 aromatic rings. The van der Waals surface area contributed by atoms with Crippen LogP contribution in [0.1, 0.15) is 16.9 Å². The lowest BCUT2D eigenvalue weighted by Crippen LogP contribution is -2.47. The highest BCUT2D eigenvalue weighted by Crippen LogP contribution is 2.56. The van der Waals surface area contributed by atoms with Gasteiger partial charge in [-0.05, 0) is 32.5 Å². The van der Waals surface area contributed by atoms with Crippen molar-refractivity contribution < 1.29 is 0 Å². The van der Waals surface area contributed by atoms with Gasteiger partial charge in [0.15, 0.2) is 0 Å². The molecule has 2 atom stereocenters. The molecule has 1 N–H and O–H groups in total. The largest absolute Gasteiger partial charge is 0.365 e. The van der Waals surface area contributed by atoms with E-state index in [4.69, 9.17) is 4.99 Å². The van der Waals surface area contributed by atoms with Gasteiger partial charge in [0.1, 0.15) is 10.8 Å². The summed E-state index contributed by atoms with van der Waals surface area (Å²) in [5.41, 5.74) is 2.59. The standard InChI is InChI=1S/C18H22N4S/c1-12-10-14-16(22-8-6-21(2)7-9-22)19-15-5-3-4-13-11-18(13,15)20-17(14)23-12/h3-5,10,13,20H,6-9,11H2,1-2H3. The molecule has 2 unspecified atom stereocenters. The number of thiophene rings is 1. The van der Waals surface area contributed by atoms with Crippen molar-refractivity contribution in [3.63, 3.8) is 0 Å². The van der Waals surface area contributed by atoms with Crippen LogP contribution in [0.2, 0.25) is 0 Å². The number of nitrogens with one attached hydrogen (secondary N) is 1. The monoisotopic (exact) mass is 326 g/mol. The first-order chi connectivity index (χ1) is 11.2. The number of aliphatic imine (C=N–C) groups is 1. The number of piperazine rings is 1. The number of nitrogens with zero attached hydrogens (tertiary/aromatic N) is 3. The zero-order valence-corrected chi connectivity index (χ0v) is 14.5. The molecule has 5 heteroatoms. The van der Waals surface area contributed by atoms with Crippen LogP contribution < -0.4 is 5.32 Å². The Kier molecular flexibility index (Phi) is 2.83. The summed E-state index contributed by atoms with van der Waals surface area (Å²) in [6.45, 7) is 6.53. The van der Waals surface area contributed by atoms with E-state index in [2.05, 4.69) is 53.4 Å². The minimum absolute atomic E-state index is 0.0646. The fourth-order valence-electron chi connectivity index (χ4n) is 4.00. The molecule has 1 spiro atoms. The number of hydrogen-bond acceptors (Lipinski definition) is 5. The molecule has 0 aromatic carbocycles. The van der Waals surface area contributed by atoms with Gasteiger partial charge in [-0.2, -0.15) is 0 Å². The molecular formula is C18H22N4S. The molecule has 4 aliphatic rings. The summed E-state index contributed by atoms with van der Waals surface area (Å²) < 4.78 is 0. The van der Waals surface area contributed by atoms with Gasteiger partial charge in [0.05, 0.1) is 16.8 Å². The molecule has 0 amide bonds. The minimum Gasteiger partial charge on any atom is -0.365 e. The maximum Gasteiger partial charge on any atom is 0.139 e. The predicted octanol–water partition coefficient (Wildman–Crippen LogP) is 2.69. The summed E-state index contributed by atoms with van der Waals surface area (Å²) in [6.07, 6.45) is 7.89. The predicted molar refractivity (Wildman–Crippen MR) is 96.3 cm³/mol. The molecule has 2 aliphatic carbocycles. The molecule has 0 bridgehead atoms. The Balaban J connectivity index is 1.61. The molecule has 4 nitrogen and oxygen atoms in total. The van der Waals surface area contributed by atoms with Crippen LogP contribution in [0.15, 0.2) is 35.0 Å². The molecule has 3 heterocycles. The fourth-order valence-corrected chi connectivity index (χ4v) is 4.99. The van der Waals surface area contributed by atoms with Crippen molar-refractivity contribution in [3.05, 3.63) is 40.4 Å². The van der Waals surface area contributed by atoms with Crippen LogP contribution in [0.5, 0.6) is 0 Å². The lowest BCUT2D eigenvalue weighted by Gasteiger charge is -2.34. The van der Waals surface area contributed by atoms with Crippen LogP contribution in [-0.2, 0) is 0 Å². The van der Waals surface area contributed by atoms with Crippen molar-refractivity contribution in [1.29, 1.82) is 0 Å². The number of amidine groups is 1. The van der Waals surface area contributed by atoms with Crippen LogP contribution >= 0.6 is 11.3 Å². The van der Waals surface area contributed by atoms with E-state index in [0.717, 1.165) is 26.2 Å². The van der Waals surface area contributed by atoms with Crippen molar-refractivity contribution in [2.75, 3.05) is 38.5 Å². The first-order valence-electron chi connectivity index (χ1n) is 8.46. The fraction of sp³-hybridized carbons (Fsp3) is 0.500. The smallest absolute Gasteiger partial charge is 0.139 e. The lowest BCUT2D eigenvalue weighted by atomic mass is 10.1. The Bertz CT molecular complexity index is 751. The molecule has 120 valence electrons. The van der Waals surface area contributed by atoms with Gasteiger partial charge in [-0.3, -0.25) is 0 Å². The van der Waals surface area contributed by atoms with Gasteiger partial charge in [-0.1, -0.05) is 12.2 Å². The number of likely N-dealkylation sites (N-methyl/N-ethyl adjacent to an activating group) is 1. The van der Waals surface area contributed by atoms with Crippen molar-refractivity contribution in [2.45, 2.75) is 18.9 Å². The van der Waals surface area contributed by atoms with E-state index in [-0.39, 0.29) is 5.54 Å². The normalized spacial score (nSPS) is 32.1. The van der Waals surface area contributed by atoms with E-state index in [0.29, 0.717) is 5.92 Å². The van der Waals surface area contributed by atoms with Gasteiger partial charge in [0, 0.05) is 37.0 Å². The van der Waals surface area contributed by atoms with E-state index in [1.807, 2.05) is 11.3 Å². The average molecular weight is 326 g/mol. The molecule has 0 radical (unpaired) electrons. The van der Waals surface area contributed by atoms with Gasteiger partial charge in [-0.15, -0.1) is 11.3 Å². The number of rotatable bonds is 0. The number of anilines is 1. The van der Waals surface area contributed by atoms with Gasteiger partial charge in [0.25, 0.3) is 0 Å². The summed E-state index contributed by atoms with van der Waals surface area (Å²) in [4.78, 5) is 11.4. The SMILES string of the molecule is Cc1cc2c(s1)NC13CC1C=CC=C3N=C2N1CCN(C)CC1. The maximum absolute atomic E-state index is 5.19. The molecular weight excluding hydrogens is 304 g/mol. The van der Waals surface area contributed by atoms with E-state index >= 15 is 0 Å². The highest BCUT2D eigenvalue weighted by Gasteiger charge is 2.58. The summed E-state index contributed by atoms with van der Waals surface area (Å²) in [5, 5.41) is 5.16. The Morgan fingerprint density at radius 1 is 1.30 bits per heavy atom. The minimum atomic E-state index is 0.0646. The number of aryl methyl sites for hydroxylation is 1. The van der Waals surface area contributed by atoms with Gasteiger partial charge < -0.3 is 15.1 Å². The topological polar surface area (TPSA) is 30.9 Å². The summed E-state index contributed by atoms with van der Waals surface area (Å²) >= 11 is 1.87. The van der Waals surface area contributed by atoms with Crippen molar-refractivity contribution in [1.82, 2.24) is 9.80 Å². The van der Waals surface area contributed by atoms with E-state index in [9.17, 15) is 0 Å². The highest BCUT2D eigenvalue weighted by atomic mass is 32.1. The summed E-state index contributed by atoms with van der Waals surface area (Å²) in [6, 6.07) is 2.31. The second-order valence-electron chi connectivity index (χ2n) is 7.17. The number of fused-ring (bicyclic) bond motifs is 1. The van der Waals surface area contributed by atoms with E-state index in [1.165, 1.54) is 33.4 Å². The van der Waals surface area contributed by atoms with Gasteiger partial charge in [-0.25, -0.2) is 4.99 Å². The van der Waals surface area contributed by atoms with Crippen LogP contribution in [0.25, 0.3) is 0 Å². The molecule has 1 saturated carbocycles. The molecule has 2 aliphatic heterocycles.